The van der Waals surface area contributed by atoms with Gasteiger partial charge in [0.1, 0.15) is 6.04 Å². The second kappa shape index (κ2) is 6.34. The molecular formula is C16H14ClIN2O. The molecule has 5 heteroatoms. The molecule has 1 atom stereocenters. The molecule has 0 fully saturated rings. The highest BCUT2D eigenvalue weighted by Crippen LogP contribution is 2.27. The highest BCUT2D eigenvalue weighted by atomic mass is 127. The molecule has 0 aliphatic carbocycles. The van der Waals surface area contributed by atoms with E-state index in [9.17, 15) is 4.79 Å². The van der Waals surface area contributed by atoms with Gasteiger partial charge in [0.15, 0.2) is 0 Å². The van der Waals surface area contributed by atoms with E-state index in [1.54, 1.807) is 0 Å². The quantitative estimate of drug-likeness (QED) is 0.737. The van der Waals surface area contributed by atoms with Crippen LogP contribution in [0.4, 0.5) is 5.69 Å². The molecule has 21 heavy (non-hydrogen) atoms. The van der Waals surface area contributed by atoms with Crippen LogP contribution in [0.25, 0.3) is 0 Å². The lowest BCUT2D eigenvalue weighted by Crippen LogP contribution is -2.38. The third kappa shape index (κ3) is 3.22. The molecule has 0 saturated heterocycles. The Bertz CT molecular complexity index is 690. The molecule has 0 spiro atoms. The maximum atomic E-state index is 12.5. The van der Waals surface area contributed by atoms with Crippen molar-refractivity contribution in [1.29, 1.82) is 0 Å². The van der Waals surface area contributed by atoms with Gasteiger partial charge in [0.25, 0.3) is 0 Å². The van der Waals surface area contributed by atoms with Crippen molar-refractivity contribution >= 4 is 45.8 Å². The fraction of sp³-hybridized carbons (Fsp3) is 0.188. The van der Waals surface area contributed by atoms with Gasteiger partial charge < -0.3 is 10.6 Å². The Morgan fingerprint density at radius 1 is 1.29 bits per heavy atom. The number of carbonyl (C=O) groups excluding carboxylic acids is 1. The Balaban J connectivity index is 1.83. The van der Waals surface area contributed by atoms with Gasteiger partial charge in [-0.25, -0.2) is 0 Å². The first kappa shape index (κ1) is 14.8. The summed E-state index contributed by atoms with van der Waals surface area (Å²) in [5.41, 5.74) is 2.92. The molecule has 1 unspecified atom stereocenters. The summed E-state index contributed by atoms with van der Waals surface area (Å²) >= 11 is 8.36. The summed E-state index contributed by atoms with van der Waals surface area (Å²) in [5.74, 6) is -0.0785. The number of rotatable bonds is 2. The molecule has 0 bridgehead atoms. The van der Waals surface area contributed by atoms with Gasteiger partial charge in [-0.2, -0.15) is 0 Å². The van der Waals surface area contributed by atoms with Gasteiger partial charge >= 0.3 is 0 Å². The Morgan fingerprint density at radius 2 is 2.10 bits per heavy atom. The van der Waals surface area contributed by atoms with Crippen LogP contribution in [0.15, 0.2) is 42.5 Å². The van der Waals surface area contributed by atoms with E-state index < -0.39 is 0 Å². The van der Waals surface area contributed by atoms with Crippen LogP contribution in [-0.2, 0) is 11.2 Å². The minimum atomic E-state index is -0.328. The van der Waals surface area contributed by atoms with E-state index in [0.717, 1.165) is 22.1 Å². The number of nitrogens with one attached hydrogen (secondary N) is 2. The molecule has 0 radical (unpaired) electrons. The molecule has 1 amide bonds. The van der Waals surface area contributed by atoms with Crippen LogP contribution in [0.3, 0.4) is 0 Å². The molecule has 1 aliphatic rings. The van der Waals surface area contributed by atoms with Crippen LogP contribution in [0.2, 0.25) is 5.02 Å². The van der Waals surface area contributed by atoms with Gasteiger partial charge in [0.05, 0.1) is 10.7 Å². The van der Waals surface area contributed by atoms with Gasteiger partial charge in [0, 0.05) is 10.1 Å². The summed E-state index contributed by atoms with van der Waals surface area (Å²) in [5, 5.41) is 6.74. The Morgan fingerprint density at radius 3 is 2.90 bits per heavy atom. The van der Waals surface area contributed by atoms with Gasteiger partial charge in [-0.1, -0.05) is 35.9 Å². The lowest BCUT2D eigenvalue weighted by atomic mass is 9.94. The Hall–Kier alpha value is -1.11. The van der Waals surface area contributed by atoms with E-state index in [-0.39, 0.29) is 11.9 Å². The Kier molecular flexibility index (Phi) is 4.47. The van der Waals surface area contributed by atoms with Crippen molar-refractivity contribution in [3.63, 3.8) is 0 Å². The van der Waals surface area contributed by atoms with Gasteiger partial charge in [-0.05, 0) is 58.3 Å². The van der Waals surface area contributed by atoms with Crippen molar-refractivity contribution in [2.24, 2.45) is 0 Å². The van der Waals surface area contributed by atoms with Crippen molar-refractivity contribution in [2.45, 2.75) is 12.5 Å². The van der Waals surface area contributed by atoms with E-state index in [4.69, 9.17) is 11.6 Å². The fourth-order valence-corrected chi connectivity index (χ4v) is 3.44. The molecular weight excluding hydrogens is 399 g/mol. The predicted molar refractivity (Wildman–Crippen MR) is 93.7 cm³/mol. The monoisotopic (exact) mass is 412 g/mol. The zero-order valence-corrected chi connectivity index (χ0v) is 14.1. The van der Waals surface area contributed by atoms with Crippen LogP contribution in [0.1, 0.15) is 17.2 Å². The van der Waals surface area contributed by atoms with E-state index in [2.05, 4.69) is 39.3 Å². The summed E-state index contributed by atoms with van der Waals surface area (Å²) in [6.45, 7) is 0.801. The largest absolute Gasteiger partial charge is 0.323 e. The Labute approximate surface area is 142 Å². The highest BCUT2D eigenvalue weighted by Gasteiger charge is 2.26. The summed E-state index contributed by atoms with van der Waals surface area (Å²) in [4.78, 5) is 12.5. The maximum Gasteiger partial charge on any atom is 0.246 e. The third-order valence-electron chi connectivity index (χ3n) is 3.56. The summed E-state index contributed by atoms with van der Waals surface area (Å²) in [6.07, 6.45) is 0.949. The fourth-order valence-electron chi connectivity index (χ4n) is 2.53. The summed E-state index contributed by atoms with van der Waals surface area (Å²) in [7, 11) is 0. The second-order valence-electron chi connectivity index (χ2n) is 4.95. The van der Waals surface area contributed by atoms with Crippen LogP contribution in [0.5, 0.6) is 0 Å². The molecule has 2 aromatic carbocycles. The molecule has 0 aromatic heterocycles. The van der Waals surface area contributed by atoms with Crippen LogP contribution < -0.4 is 10.6 Å². The van der Waals surface area contributed by atoms with Crippen molar-refractivity contribution in [3.8, 4) is 0 Å². The zero-order chi connectivity index (χ0) is 14.8. The molecule has 3 nitrogen and oxygen atoms in total. The summed E-state index contributed by atoms with van der Waals surface area (Å²) in [6, 6.07) is 13.3. The second-order valence-corrected chi connectivity index (χ2v) is 6.60. The lowest BCUT2D eigenvalue weighted by Gasteiger charge is -2.26. The highest BCUT2D eigenvalue weighted by molar-refractivity contribution is 14.1. The number of anilines is 1. The average molecular weight is 413 g/mol. The standard InChI is InChI=1S/C16H14ClIN2O/c17-13-9-11(18)5-6-14(13)20-16(21)15-12-4-2-1-3-10(12)7-8-19-15/h1-6,9,15,19H,7-8H2,(H,20,21). The smallest absolute Gasteiger partial charge is 0.246 e. The minimum absolute atomic E-state index is 0.0785. The zero-order valence-electron chi connectivity index (χ0n) is 11.2. The lowest BCUT2D eigenvalue weighted by molar-refractivity contribution is -0.118. The minimum Gasteiger partial charge on any atom is -0.323 e. The first-order chi connectivity index (χ1) is 10.1. The molecule has 1 aliphatic heterocycles. The average Bonchev–Trinajstić information content (AvgIpc) is 2.49. The number of hydrogen-bond donors (Lipinski definition) is 2. The van der Waals surface area contributed by atoms with Crippen molar-refractivity contribution in [1.82, 2.24) is 5.32 Å². The van der Waals surface area contributed by atoms with Crippen molar-refractivity contribution in [3.05, 3.63) is 62.2 Å². The van der Waals surface area contributed by atoms with Crippen molar-refractivity contribution < 1.29 is 4.79 Å². The van der Waals surface area contributed by atoms with E-state index in [0.29, 0.717) is 10.7 Å². The number of fused-ring (bicyclic) bond motifs is 1. The van der Waals surface area contributed by atoms with Crippen LogP contribution >= 0.6 is 34.2 Å². The number of carbonyl (C=O) groups is 1. The number of hydrogen-bond acceptors (Lipinski definition) is 2. The third-order valence-corrected chi connectivity index (χ3v) is 4.54. The molecule has 2 aromatic rings. The predicted octanol–water partition coefficient (Wildman–Crippen LogP) is 3.77. The summed E-state index contributed by atoms with van der Waals surface area (Å²) < 4.78 is 1.04. The van der Waals surface area contributed by atoms with E-state index in [1.165, 1.54) is 5.56 Å². The first-order valence-electron chi connectivity index (χ1n) is 6.72. The topological polar surface area (TPSA) is 41.1 Å². The molecule has 108 valence electrons. The maximum absolute atomic E-state index is 12.5. The van der Waals surface area contributed by atoms with Gasteiger partial charge in [-0.15, -0.1) is 0 Å². The number of halogens is 2. The van der Waals surface area contributed by atoms with Gasteiger partial charge in [0.2, 0.25) is 5.91 Å². The molecule has 3 rings (SSSR count). The van der Waals surface area contributed by atoms with Crippen molar-refractivity contribution in [2.75, 3.05) is 11.9 Å². The normalized spacial score (nSPS) is 17.1. The molecule has 1 heterocycles. The SMILES string of the molecule is O=C(Nc1ccc(I)cc1Cl)C1NCCc2ccccc21. The van der Waals surface area contributed by atoms with E-state index in [1.807, 2.05) is 36.4 Å². The number of benzene rings is 2. The number of amides is 1. The van der Waals surface area contributed by atoms with Gasteiger partial charge in [-0.3, -0.25) is 4.79 Å². The van der Waals surface area contributed by atoms with E-state index >= 15 is 0 Å². The molecule has 2 N–H and O–H groups in total. The molecule has 0 saturated carbocycles. The van der Waals surface area contributed by atoms with Crippen LogP contribution in [-0.4, -0.2) is 12.5 Å². The first-order valence-corrected chi connectivity index (χ1v) is 8.18. The van der Waals surface area contributed by atoms with Crippen LogP contribution in [0, 0.1) is 3.57 Å².